The SMILES string of the molecule is CCOC(CCNCC=Cc1ccccc1)(c1ccccc1)c1ccccc1.Cl. The maximum absolute atomic E-state index is 6.42. The number of hydrogen-bond donors (Lipinski definition) is 1. The zero-order valence-electron chi connectivity index (χ0n) is 17.0. The fourth-order valence-corrected chi connectivity index (χ4v) is 3.56. The van der Waals surface area contributed by atoms with Crippen LogP contribution in [0.15, 0.2) is 97.1 Å². The van der Waals surface area contributed by atoms with Crippen LogP contribution in [0.25, 0.3) is 6.08 Å². The molecule has 3 aromatic carbocycles. The van der Waals surface area contributed by atoms with E-state index in [4.69, 9.17) is 4.74 Å². The van der Waals surface area contributed by atoms with E-state index in [0.29, 0.717) is 6.61 Å². The maximum Gasteiger partial charge on any atom is 0.119 e. The number of halogens is 1. The molecule has 0 spiro atoms. The minimum atomic E-state index is -0.437. The molecule has 1 N–H and O–H groups in total. The van der Waals surface area contributed by atoms with Crippen molar-refractivity contribution in [3.05, 3.63) is 114 Å². The second-order valence-corrected chi connectivity index (χ2v) is 6.76. The Bertz CT molecular complexity index is 795. The minimum Gasteiger partial charge on any atom is -0.366 e. The first-order chi connectivity index (χ1) is 13.8. The Labute approximate surface area is 181 Å². The third-order valence-corrected chi connectivity index (χ3v) is 4.90. The van der Waals surface area contributed by atoms with E-state index in [9.17, 15) is 0 Å². The van der Waals surface area contributed by atoms with Gasteiger partial charge in [0, 0.05) is 13.2 Å². The third kappa shape index (κ3) is 6.30. The summed E-state index contributed by atoms with van der Waals surface area (Å²) in [5, 5.41) is 3.54. The molecule has 0 saturated heterocycles. The van der Waals surface area contributed by atoms with Crippen LogP contribution in [-0.2, 0) is 10.3 Å². The lowest BCUT2D eigenvalue weighted by Crippen LogP contribution is -2.35. The first kappa shape index (κ1) is 22.9. The Morgan fingerprint density at radius 2 is 1.31 bits per heavy atom. The Hall–Kier alpha value is -2.39. The monoisotopic (exact) mass is 407 g/mol. The van der Waals surface area contributed by atoms with Crippen LogP contribution in [0.5, 0.6) is 0 Å². The smallest absolute Gasteiger partial charge is 0.119 e. The van der Waals surface area contributed by atoms with Crippen molar-refractivity contribution in [2.24, 2.45) is 0 Å². The molecule has 3 heteroatoms. The summed E-state index contributed by atoms with van der Waals surface area (Å²) in [6.07, 6.45) is 5.19. The third-order valence-electron chi connectivity index (χ3n) is 4.90. The van der Waals surface area contributed by atoms with E-state index in [2.05, 4.69) is 109 Å². The Morgan fingerprint density at radius 3 is 1.83 bits per heavy atom. The van der Waals surface area contributed by atoms with E-state index in [1.54, 1.807) is 0 Å². The molecule has 0 fully saturated rings. The van der Waals surface area contributed by atoms with E-state index < -0.39 is 5.60 Å². The predicted octanol–water partition coefficient (Wildman–Crippen LogP) is 6.08. The highest BCUT2D eigenvalue weighted by Gasteiger charge is 2.34. The van der Waals surface area contributed by atoms with Crippen molar-refractivity contribution < 1.29 is 4.74 Å². The van der Waals surface area contributed by atoms with E-state index in [1.165, 1.54) is 16.7 Å². The molecule has 0 aromatic heterocycles. The Balaban J connectivity index is 0.00000300. The average Bonchev–Trinajstić information content (AvgIpc) is 2.77. The molecule has 3 aromatic rings. The number of ether oxygens (including phenoxy) is 1. The van der Waals surface area contributed by atoms with Crippen LogP contribution >= 0.6 is 12.4 Å². The van der Waals surface area contributed by atoms with E-state index in [-0.39, 0.29) is 12.4 Å². The summed E-state index contributed by atoms with van der Waals surface area (Å²) in [6, 6.07) is 31.5. The number of benzene rings is 3. The molecule has 3 rings (SSSR count). The molecular formula is C26H30ClNO. The molecule has 0 unspecified atom stereocenters. The fourth-order valence-electron chi connectivity index (χ4n) is 3.56. The van der Waals surface area contributed by atoms with Crippen LogP contribution in [0.3, 0.4) is 0 Å². The molecule has 0 amide bonds. The second-order valence-electron chi connectivity index (χ2n) is 6.76. The topological polar surface area (TPSA) is 21.3 Å². The lowest BCUT2D eigenvalue weighted by molar-refractivity contribution is -0.0171. The molecule has 0 aliphatic rings. The van der Waals surface area contributed by atoms with Gasteiger partial charge >= 0.3 is 0 Å². The standard InChI is InChI=1S/C26H29NO.ClH/c1-2-28-26(24-16-8-4-9-17-24,25-18-10-5-11-19-25)20-22-27-21-12-15-23-13-6-3-7-14-23;/h3-19,27H,2,20-22H2,1H3;1H. The average molecular weight is 408 g/mol. The van der Waals surface area contributed by atoms with E-state index in [0.717, 1.165) is 19.5 Å². The van der Waals surface area contributed by atoms with Gasteiger partial charge < -0.3 is 10.1 Å². The number of nitrogens with one attached hydrogen (secondary N) is 1. The molecule has 152 valence electrons. The van der Waals surface area contributed by atoms with E-state index >= 15 is 0 Å². The summed E-state index contributed by atoms with van der Waals surface area (Å²) >= 11 is 0. The second kappa shape index (κ2) is 12.2. The van der Waals surface area contributed by atoms with Crippen LogP contribution in [0.2, 0.25) is 0 Å². The quantitative estimate of drug-likeness (QED) is 0.411. The summed E-state index contributed by atoms with van der Waals surface area (Å²) in [5.41, 5.74) is 3.18. The van der Waals surface area contributed by atoms with Gasteiger partial charge in [-0.05, 0) is 36.6 Å². The van der Waals surface area contributed by atoms with Gasteiger partial charge in [0.1, 0.15) is 5.60 Å². The summed E-state index contributed by atoms with van der Waals surface area (Å²) in [4.78, 5) is 0. The van der Waals surface area contributed by atoms with Gasteiger partial charge in [-0.3, -0.25) is 0 Å². The molecule has 0 heterocycles. The summed E-state index contributed by atoms with van der Waals surface area (Å²) in [7, 11) is 0. The largest absolute Gasteiger partial charge is 0.366 e. The molecule has 0 saturated carbocycles. The van der Waals surface area contributed by atoms with Crippen molar-refractivity contribution in [3.8, 4) is 0 Å². The first-order valence-corrected chi connectivity index (χ1v) is 10.0. The minimum absolute atomic E-state index is 0. The van der Waals surface area contributed by atoms with Gasteiger partial charge in [0.25, 0.3) is 0 Å². The van der Waals surface area contributed by atoms with Gasteiger partial charge in [-0.1, -0.05) is 103 Å². The van der Waals surface area contributed by atoms with Gasteiger partial charge in [-0.25, -0.2) is 0 Å². The zero-order valence-corrected chi connectivity index (χ0v) is 17.8. The fraction of sp³-hybridized carbons (Fsp3) is 0.231. The number of rotatable bonds is 10. The van der Waals surface area contributed by atoms with Crippen LogP contribution in [0.1, 0.15) is 30.0 Å². The van der Waals surface area contributed by atoms with Crippen LogP contribution in [-0.4, -0.2) is 19.7 Å². The Kier molecular flexibility index (Phi) is 9.66. The van der Waals surface area contributed by atoms with Gasteiger partial charge in [0.05, 0.1) is 0 Å². The molecule has 29 heavy (non-hydrogen) atoms. The molecule has 0 atom stereocenters. The maximum atomic E-state index is 6.42. The first-order valence-electron chi connectivity index (χ1n) is 10.0. The van der Waals surface area contributed by atoms with Gasteiger partial charge in [0.15, 0.2) is 0 Å². The van der Waals surface area contributed by atoms with Crippen molar-refractivity contribution >= 4 is 18.5 Å². The molecule has 0 bridgehead atoms. The number of hydrogen-bond acceptors (Lipinski definition) is 2. The highest BCUT2D eigenvalue weighted by molar-refractivity contribution is 5.85. The summed E-state index contributed by atoms with van der Waals surface area (Å²) in [6.45, 7) is 4.43. The summed E-state index contributed by atoms with van der Waals surface area (Å²) < 4.78 is 6.42. The molecule has 0 radical (unpaired) electrons. The summed E-state index contributed by atoms with van der Waals surface area (Å²) in [5.74, 6) is 0. The van der Waals surface area contributed by atoms with Crippen LogP contribution in [0, 0.1) is 0 Å². The molecule has 2 nitrogen and oxygen atoms in total. The van der Waals surface area contributed by atoms with E-state index in [1.807, 2.05) is 6.07 Å². The van der Waals surface area contributed by atoms with Crippen LogP contribution < -0.4 is 5.32 Å². The Morgan fingerprint density at radius 1 is 0.793 bits per heavy atom. The predicted molar refractivity (Wildman–Crippen MR) is 126 cm³/mol. The lowest BCUT2D eigenvalue weighted by Gasteiger charge is -2.35. The van der Waals surface area contributed by atoms with Gasteiger partial charge in [-0.2, -0.15) is 0 Å². The van der Waals surface area contributed by atoms with Crippen molar-refractivity contribution in [3.63, 3.8) is 0 Å². The molecule has 0 aliphatic carbocycles. The molecular weight excluding hydrogens is 378 g/mol. The molecule has 0 aliphatic heterocycles. The van der Waals surface area contributed by atoms with Crippen molar-refractivity contribution in [2.45, 2.75) is 18.9 Å². The zero-order chi connectivity index (χ0) is 19.5. The normalized spacial score (nSPS) is 11.3. The van der Waals surface area contributed by atoms with Crippen molar-refractivity contribution in [2.75, 3.05) is 19.7 Å². The van der Waals surface area contributed by atoms with Crippen LogP contribution in [0.4, 0.5) is 0 Å². The highest BCUT2D eigenvalue weighted by Crippen LogP contribution is 2.36. The van der Waals surface area contributed by atoms with Crippen molar-refractivity contribution in [1.29, 1.82) is 0 Å². The lowest BCUT2D eigenvalue weighted by atomic mass is 9.83. The van der Waals surface area contributed by atoms with Gasteiger partial charge in [0.2, 0.25) is 0 Å². The van der Waals surface area contributed by atoms with Crippen molar-refractivity contribution in [1.82, 2.24) is 5.32 Å². The highest BCUT2D eigenvalue weighted by atomic mass is 35.5. The van der Waals surface area contributed by atoms with Gasteiger partial charge in [-0.15, -0.1) is 12.4 Å².